The fourth-order valence-corrected chi connectivity index (χ4v) is 7.55. The van der Waals surface area contributed by atoms with Gasteiger partial charge in [-0.25, -0.2) is 4.39 Å². The molecule has 2 N–H and O–H groups in total. The van der Waals surface area contributed by atoms with Crippen LogP contribution in [0.5, 0.6) is 11.8 Å². The van der Waals surface area contributed by atoms with E-state index in [0.29, 0.717) is 48.9 Å². The third-order valence-electron chi connectivity index (χ3n) is 9.60. The van der Waals surface area contributed by atoms with Gasteiger partial charge in [0, 0.05) is 36.3 Å². The summed E-state index contributed by atoms with van der Waals surface area (Å²) < 4.78 is 22.9. The van der Waals surface area contributed by atoms with E-state index in [-0.39, 0.29) is 34.3 Å². The van der Waals surface area contributed by atoms with Crippen LogP contribution in [0.15, 0.2) is 24.4 Å². The number of β-amino-alcohol motifs (C(OH)–C–C–N with tert-alkyl or cyclic N) is 1. The van der Waals surface area contributed by atoms with Crippen LogP contribution in [0.2, 0.25) is 0 Å². The van der Waals surface area contributed by atoms with Gasteiger partial charge in [0.2, 0.25) is 0 Å². The van der Waals surface area contributed by atoms with Crippen molar-refractivity contribution in [1.82, 2.24) is 19.9 Å². The average Bonchev–Trinajstić information content (AvgIpc) is 3.37. The highest BCUT2D eigenvalue weighted by Gasteiger charge is 2.47. The molecule has 1 saturated carbocycles. The van der Waals surface area contributed by atoms with Crippen molar-refractivity contribution in [2.75, 3.05) is 38.2 Å². The monoisotopic (exact) mass is 563 g/mol. The Morgan fingerprint density at radius 2 is 1.90 bits per heavy atom. The summed E-state index contributed by atoms with van der Waals surface area (Å²) in [6.45, 7) is 8.55. The Morgan fingerprint density at radius 1 is 1.12 bits per heavy atom. The number of benzene rings is 1. The summed E-state index contributed by atoms with van der Waals surface area (Å²) in [6.07, 6.45) is 8.79. The van der Waals surface area contributed by atoms with Gasteiger partial charge in [-0.15, -0.1) is 0 Å². The summed E-state index contributed by atoms with van der Waals surface area (Å²) in [5, 5.41) is 21.6. The predicted octanol–water partition coefficient (Wildman–Crippen LogP) is 5.65. The second-order valence-electron chi connectivity index (χ2n) is 13.1. The molecular formula is C32H42FN5O3. The van der Waals surface area contributed by atoms with Crippen molar-refractivity contribution in [1.29, 1.82) is 0 Å². The number of phenolic OH excluding ortho intramolecular Hbond substituents is 1. The van der Waals surface area contributed by atoms with E-state index >= 15 is 4.39 Å². The fourth-order valence-electron chi connectivity index (χ4n) is 7.55. The van der Waals surface area contributed by atoms with Gasteiger partial charge in [-0.05, 0) is 82.7 Å². The van der Waals surface area contributed by atoms with Crippen LogP contribution < -0.4 is 9.64 Å². The van der Waals surface area contributed by atoms with Gasteiger partial charge in [0.25, 0.3) is 0 Å². The van der Waals surface area contributed by atoms with E-state index in [9.17, 15) is 10.2 Å². The summed E-state index contributed by atoms with van der Waals surface area (Å²) >= 11 is 0. The minimum absolute atomic E-state index is 0.0515. The Bertz CT molecular complexity index is 1450. The lowest BCUT2D eigenvalue weighted by atomic mass is 9.76. The lowest BCUT2D eigenvalue weighted by molar-refractivity contribution is 0.0132. The molecule has 3 fully saturated rings. The summed E-state index contributed by atoms with van der Waals surface area (Å²) in [5.74, 6) is 0.118. The summed E-state index contributed by atoms with van der Waals surface area (Å²) in [5.41, 5.74) is 0.885. The molecule has 3 aromatic rings. The minimum atomic E-state index is -0.876. The normalized spacial score (nSPS) is 27.0. The third kappa shape index (κ3) is 5.23. The van der Waals surface area contributed by atoms with Crippen LogP contribution in [-0.4, -0.2) is 75.0 Å². The molecule has 0 amide bonds. The highest BCUT2D eigenvalue weighted by Crippen LogP contribution is 2.47. The van der Waals surface area contributed by atoms with Crippen LogP contribution in [0, 0.1) is 11.2 Å². The first-order chi connectivity index (χ1) is 19.6. The fraction of sp³-hybridized carbons (Fsp3) is 0.594. The quantitative estimate of drug-likeness (QED) is 0.397. The number of fused-ring (bicyclic) bond motifs is 2. The molecule has 2 saturated heterocycles. The van der Waals surface area contributed by atoms with Crippen LogP contribution in [-0.2, 0) is 0 Å². The zero-order chi connectivity index (χ0) is 28.9. The molecular weight excluding hydrogens is 521 g/mol. The molecule has 1 aliphatic carbocycles. The van der Waals surface area contributed by atoms with E-state index in [0.717, 1.165) is 44.2 Å². The van der Waals surface area contributed by atoms with Gasteiger partial charge >= 0.3 is 6.01 Å². The number of hydrogen-bond acceptors (Lipinski definition) is 8. The second kappa shape index (κ2) is 10.7. The first kappa shape index (κ1) is 28.1. The zero-order valence-electron chi connectivity index (χ0n) is 24.7. The van der Waals surface area contributed by atoms with Gasteiger partial charge in [0.05, 0.1) is 17.6 Å². The Kier molecular flexibility index (Phi) is 7.30. The highest BCUT2D eigenvalue weighted by molar-refractivity contribution is 5.92. The first-order valence-electron chi connectivity index (χ1n) is 15.1. The predicted molar refractivity (Wildman–Crippen MR) is 158 cm³/mol. The number of halogens is 1. The number of pyridine rings is 1. The van der Waals surface area contributed by atoms with Crippen LogP contribution in [0.25, 0.3) is 22.2 Å². The van der Waals surface area contributed by atoms with E-state index < -0.39 is 11.4 Å². The number of likely N-dealkylation sites (tertiary alicyclic amines) is 1. The molecule has 4 heterocycles. The number of aliphatic hydroxyl groups is 1. The Labute approximate surface area is 241 Å². The molecule has 0 bridgehead atoms. The average molecular weight is 564 g/mol. The van der Waals surface area contributed by atoms with E-state index in [4.69, 9.17) is 9.72 Å². The van der Waals surface area contributed by atoms with Crippen molar-refractivity contribution in [3.05, 3.63) is 35.8 Å². The topological polar surface area (TPSA) is 94.8 Å². The maximum atomic E-state index is 16.5. The van der Waals surface area contributed by atoms with Crippen molar-refractivity contribution in [3.63, 3.8) is 0 Å². The zero-order valence-corrected chi connectivity index (χ0v) is 24.7. The van der Waals surface area contributed by atoms with E-state index in [1.54, 1.807) is 18.3 Å². The number of phenols is 1. The van der Waals surface area contributed by atoms with Gasteiger partial charge in [-0.1, -0.05) is 26.3 Å². The number of rotatable bonds is 6. The Balaban J connectivity index is 1.45. The van der Waals surface area contributed by atoms with Gasteiger partial charge in [0.1, 0.15) is 22.8 Å². The molecule has 3 atom stereocenters. The van der Waals surface area contributed by atoms with Crippen LogP contribution >= 0.6 is 0 Å². The molecule has 3 aliphatic rings. The molecule has 0 radical (unpaired) electrons. The van der Waals surface area contributed by atoms with Gasteiger partial charge in [-0.3, -0.25) is 4.98 Å². The lowest BCUT2D eigenvalue weighted by Gasteiger charge is -2.44. The summed E-state index contributed by atoms with van der Waals surface area (Å²) in [6, 6.07) is 5.62. The van der Waals surface area contributed by atoms with Crippen LogP contribution in [0.1, 0.15) is 77.2 Å². The largest absolute Gasteiger partial charge is 0.508 e. The van der Waals surface area contributed by atoms with Crippen molar-refractivity contribution in [2.45, 2.75) is 83.3 Å². The number of piperidine rings is 2. The lowest BCUT2D eigenvalue weighted by Crippen LogP contribution is -2.50. The van der Waals surface area contributed by atoms with Crippen molar-refractivity contribution < 1.29 is 19.3 Å². The van der Waals surface area contributed by atoms with Crippen LogP contribution in [0.4, 0.5) is 10.2 Å². The van der Waals surface area contributed by atoms with E-state index in [1.807, 2.05) is 31.7 Å². The standard InChI is InChI=1S/C32H42FN5O3/c1-20(2)22-10-9-21(39)16-23(22)27-26(33)28-24(17-34-27)29(38-15-6-11-31(3,40)18-38)36-30(35-28)41-19-32-12-5-8-25(32)37(4)14-7-13-32/h9-10,16-17,20,25,39-40H,5-8,11-15,18-19H2,1-4H3/t25-,31-,32-/m1/s1. The first-order valence-corrected chi connectivity index (χ1v) is 15.1. The Hall–Kier alpha value is -3.04. The van der Waals surface area contributed by atoms with Gasteiger partial charge in [0.15, 0.2) is 5.82 Å². The molecule has 0 spiro atoms. The second-order valence-corrected chi connectivity index (χ2v) is 13.1. The van der Waals surface area contributed by atoms with Gasteiger partial charge in [-0.2, -0.15) is 9.97 Å². The number of nitrogens with zero attached hydrogens (tertiary/aromatic N) is 5. The summed E-state index contributed by atoms with van der Waals surface area (Å²) in [7, 11) is 2.20. The maximum Gasteiger partial charge on any atom is 0.319 e. The maximum absolute atomic E-state index is 16.5. The number of aromatic hydroxyl groups is 1. The smallest absolute Gasteiger partial charge is 0.319 e. The SMILES string of the molecule is CC(C)c1ccc(O)cc1-c1ncc2c(N3CCC[C@@](C)(O)C3)nc(OC[C@]34CCC[C@H]3N(C)CCC4)nc2c1F. The molecule has 2 aliphatic heterocycles. The molecule has 6 rings (SSSR count). The van der Waals surface area contributed by atoms with Crippen molar-refractivity contribution in [2.24, 2.45) is 5.41 Å². The summed E-state index contributed by atoms with van der Waals surface area (Å²) in [4.78, 5) is 18.5. The highest BCUT2D eigenvalue weighted by atomic mass is 19.1. The van der Waals surface area contributed by atoms with E-state index in [2.05, 4.69) is 21.9 Å². The molecule has 2 aromatic heterocycles. The number of anilines is 1. The van der Waals surface area contributed by atoms with E-state index in [1.165, 1.54) is 6.42 Å². The molecule has 0 unspecified atom stereocenters. The van der Waals surface area contributed by atoms with Crippen molar-refractivity contribution in [3.8, 4) is 23.0 Å². The minimum Gasteiger partial charge on any atom is -0.508 e. The van der Waals surface area contributed by atoms with Gasteiger partial charge < -0.3 is 24.7 Å². The Morgan fingerprint density at radius 3 is 2.68 bits per heavy atom. The molecule has 8 nitrogen and oxygen atoms in total. The third-order valence-corrected chi connectivity index (χ3v) is 9.60. The van der Waals surface area contributed by atoms with Crippen molar-refractivity contribution >= 4 is 16.7 Å². The number of aromatic nitrogens is 3. The molecule has 1 aromatic carbocycles. The number of hydrogen-bond donors (Lipinski definition) is 2. The molecule has 220 valence electrons. The molecule has 41 heavy (non-hydrogen) atoms. The molecule has 9 heteroatoms. The number of ether oxygens (including phenoxy) is 1. The van der Waals surface area contributed by atoms with Crippen LogP contribution in [0.3, 0.4) is 0 Å².